The maximum atomic E-state index is 13.4. The highest BCUT2D eigenvalue weighted by atomic mass is 35.5. The molecule has 1 aromatic carbocycles. The summed E-state index contributed by atoms with van der Waals surface area (Å²) in [4.78, 5) is 13.7. The highest BCUT2D eigenvalue weighted by molar-refractivity contribution is 6.27. The van der Waals surface area contributed by atoms with Gasteiger partial charge >= 0.3 is 0 Å². The summed E-state index contributed by atoms with van der Waals surface area (Å²) in [5.41, 5.74) is 1.75. The first-order chi connectivity index (χ1) is 10.5. The molecule has 1 saturated carbocycles. The monoisotopic (exact) mass is 327 g/mol. The van der Waals surface area contributed by atoms with E-state index in [4.69, 9.17) is 11.6 Å². The van der Waals surface area contributed by atoms with Crippen LogP contribution in [0.4, 0.5) is 4.39 Å². The van der Waals surface area contributed by atoms with Crippen molar-refractivity contribution in [3.05, 3.63) is 35.1 Å². The Kier molecular flexibility index (Phi) is 6.21. The number of amides is 1. The van der Waals surface area contributed by atoms with Crippen molar-refractivity contribution >= 4 is 17.5 Å². The van der Waals surface area contributed by atoms with Gasteiger partial charge in [-0.2, -0.15) is 0 Å². The number of benzene rings is 1. The van der Waals surface area contributed by atoms with Crippen molar-refractivity contribution in [2.24, 2.45) is 5.92 Å². The summed E-state index contributed by atoms with van der Waals surface area (Å²) in [5.74, 6) is -0.288. The molecule has 2 atom stereocenters. The standard InChI is InChI=1S/C17H23ClFNO2/c1-12-5-6-15(19)9-14(12)11-20(17(22)10-18)8-7-13-3-2-4-16(13)21/h5-6,9,13,16,21H,2-4,7-8,10-11H2,1H3/t13-,16+/m0/s1. The van der Waals surface area contributed by atoms with Gasteiger partial charge in [0.1, 0.15) is 11.7 Å². The SMILES string of the molecule is Cc1ccc(F)cc1CN(CC[C@@H]1CCC[C@H]1O)C(=O)CCl. The summed E-state index contributed by atoms with van der Waals surface area (Å²) in [6.45, 7) is 2.81. The van der Waals surface area contributed by atoms with Crippen LogP contribution in [-0.4, -0.2) is 34.4 Å². The number of aliphatic hydroxyl groups is 1. The smallest absolute Gasteiger partial charge is 0.237 e. The van der Waals surface area contributed by atoms with Gasteiger partial charge in [-0.05, 0) is 55.4 Å². The molecule has 0 saturated heterocycles. The second kappa shape index (κ2) is 7.93. The molecule has 0 unspecified atom stereocenters. The number of carbonyl (C=O) groups is 1. The molecule has 1 amide bonds. The maximum Gasteiger partial charge on any atom is 0.237 e. The van der Waals surface area contributed by atoms with E-state index in [9.17, 15) is 14.3 Å². The molecule has 122 valence electrons. The van der Waals surface area contributed by atoms with E-state index in [2.05, 4.69) is 0 Å². The first-order valence-corrected chi connectivity index (χ1v) is 8.31. The summed E-state index contributed by atoms with van der Waals surface area (Å²) in [5, 5.41) is 9.89. The Bertz CT molecular complexity index is 523. The van der Waals surface area contributed by atoms with Gasteiger partial charge in [0.2, 0.25) is 5.91 Å². The van der Waals surface area contributed by atoms with E-state index >= 15 is 0 Å². The van der Waals surface area contributed by atoms with Crippen LogP contribution in [0.5, 0.6) is 0 Å². The Balaban J connectivity index is 2.02. The average molecular weight is 328 g/mol. The Hall–Kier alpha value is -1.13. The lowest BCUT2D eigenvalue weighted by Crippen LogP contribution is -2.34. The fourth-order valence-electron chi connectivity index (χ4n) is 3.07. The van der Waals surface area contributed by atoms with Crippen LogP contribution < -0.4 is 0 Å². The predicted octanol–water partition coefficient (Wildman–Crippen LogP) is 3.25. The molecule has 0 aromatic heterocycles. The largest absolute Gasteiger partial charge is 0.393 e. The zero-order chi connectivity index (χ0) is 16.1. The fraction of sp³-hybridized carbons (Fsp3) is 0.588. The van der Waals surface area contributed by atoms with Gasteiger partial charge in [-0.15, -0.1) is 11.6 Å². The van der Waals surface area contributed by atoms with Crippen molar-refractivity contribution in [1.82, 2.24) is 4.90 Å². The Labute approximate surface area is 136 Å². The lowest BCUT2D eigenvalue weighted by atomic mass is 10.0. The number of hydrogen-bond donors (Lipinski definition) is 1. The number of halogens is 2. The molecule has 1 aliphatic rings. The van der Waals surface area contributed by atoms with Gasteiger partial charge in [0.25, 0.3) is 0 Å². The quantitative estimate of drug-likeness (QED) is 0.815. The van der Waals surface area contributed by atoms with E-state index < -0.39 is 0 Å². The molecule has 1 aromatic rings. The Morgan fingerprint density at radius 3 is 2.86 bits per heavy atom. The van der Waals surface area contributed by atoms with Crippen LogP contribution in [-0.2, 0) is 11.3 Å². The second-order valence-corrected chi connectivity index (χ2v) is 6.33. The van der Waals surface area contributed by atoms with Gasteiger partial charge in [-0.3, -0.25) is 4.79 Å². The van der Waals surface area contributed by atoms with Crippen molar-refractivity contribution in [1.29, 1.82) is 0 Å². The molecule has 0 spiro atoms. The van der Waals surface area contributed by atoms with Crippen molar-refractivity contribution < 1.29 is 14.3 Å². The molecule has 3 nitrogen and oxygen atoms in total. The molecule has 2 rings (SSSR count). The number of alkyl halides is 1. The lowest BCUT2D eigenvalue weighted by molar-refractivity contribution is -0.129. The molecular formula is C17H23ClFNO2. The Morgan fingerprint density at radius 2 is 2.23 bits per heavy atom. The molecule has 1 aliphatic carbocycles. The molecule has 1 N–H and O–H groups in total. The predicted molar refractivity (Wildman–Crippen MR) is 85.2 cm³/mol. The molecule has 5 heteroatoms. The average Bonchev–Trinajstić information content (AvgIpc) is 2.91. The number of nitrogens with zero attached hydrogens (tertiary/aromatic N) is 1. The highest BCUT2D eigenvalue weighted by Gasteiger charge is 2.26. The van der Waals surface area contributed by atoms with Gasteiger partial charge in [0.15, 0.2) is 0 Å². The van der Waals surface area contributed by atoms with E-state index in [0.29, 0.717) is 13.1 Å². The van der Waals surface area contributed by atoms with Crippen molar-refractivity contribution in [3.8, 4) is 0 Å². The van der Waals surface area contributed by atoms with Gasteiger partial charge in [-0.25, -0.2) is 4.39 Å². The molecule has 22 heavy (non-hydrogen) atoms. The zero-order valence-electron chi connectivity index (χ0n) is 12.9. The number of hydrogen-bond acceptors (Lipinski definition) is 2. The minimum atomic E-state index is -0.301. The first-order valence-electron chi connectivity index (χ1n) is 7.78. The van der Waals surface area contributed by atoms with Crippen LogP contribution in [0.25, 0.3) is 0 Å². The molecular weight excluding hydrogens is 305 g/mol. The minimum absolute atomic E-state index is 0.0818. The van der Waals surface area contributed by atoms with E-state index in [-0.39, 0.29) is 29.6 Å². The van der Waals surface area contributed by atoms with E-state index in [1.54, 1.807) is 11.0 Å². The van der Waals surface area contributed by atoms with E-state index in [0.717, 1.165) is 36.8 Å². The van der Waals surface area contributed by atoms with Crippen LogP contribution in [0.2, 0.25) is 0 Å². The summed E-state index contributed by atoms with van der Waals surface area (Å²) < 4.78 is 13.4. The number of aliphatic hydroxyl groups excluding tert-OH is 1. The van der Waals surface area contributed by atoms with Crippen LogP contribution in [0, 0.1) is 18.7 Å². The third-order valence-electron chi connectivity index (χ3n) is 4.53. The molecule has 0 heterocycles. The number of rotatable bonds is 6. The normalized spacial score (nSPS) is 21.1. The molecule has 0 aliphatic heterocycles. The topological polar surface area (TPSA) is 40.5 Å². The number of carbonyl (C=O) groups excluding carboxylic acids is 1. The van der Waals surface area contributed by atoms with Gasteiger partial charge in [-0.1, -0.05) is 12.5 Å². The third kappa shape index (κ3) is 4.43. The van der Waals surface area contributed by atoms with E-state index in [1.807, 2.05) is 6.92 Å². The van der Waals surface area contributed by atoms with Crippen LogP contribution >= 0.6 is 11.6 Å². The van der Waals surface area contributed by atoms with Crippen LogP contribution in [0.1, 0.15) is 36.8 Å². The number of aryl methyl sites for hydroxylation is 1. The van der Waals surface area contributed by atoms with Crippen molar-refractivity contribution in [2.75, 3.05) is 12.4 Å². The zero-order valence-corrected chi connectivity index (χ0v) is 13.7. The van der Waals surface area contributed by atoms with Gasteiger partial charge < -0.3 is 10.0 Å². The third-order valence-corrected chi connectivity index (χ3v) is 4.76. The van der Waals surface area contributed by atoms with Gasteiger partial charge in [0.05, 0.1) is 6.10 Å². The molecule has 0 radical (unpaired) electrons. The van der Waals surface area contributed by atoms with Crippen LogP contribution in [0.3, 0.4) is 0 Å². The summed E-state index contributed by atoms with van der Waals surface area (Å²) in [6, 6.07) is 4.60. The lowest BCUT2D eigenvalue weighted by Gasteiger charge is -2.25. The Morgan fingerprint density at radius 1 is 1.45 bits per heavy atom. The summed E-state index contributed by atoms with van der Waals surface area (Å²) >= 11 is 5.69. The highest BCUT2D eigenvalue weighted by Crippen LogP contribution is 2.28. The minimum Gasteiger partial charge on any atom is -0.393 e. The summed E-state index contributed by atoms with van der Waals surface area (Å²) in [6.07, 6.45) is 3.39. The second-order valence-electron chi connectivity index (χ2n) is 6.07. The van der Waals surface area contributed by atoms with E-state index in [1.165, 1.54) is 12.1 Å². The first kappa shape index (κ1) is 17.2. The maximum absolute atomic E-state index is 13.4. The van der Waals surface area contributed by atoms with Crippen molar-refractivity contribution in [2.45, 2.75) is 45.3 Å². The molecule has 0 bridgehead atoms. The van der Waals surface area contributed by atoms with Crippen molar-refractivity contribution in [3.63, 3.8) is 0 Å². The molecule has 1 fully saturated rings. The fourth-order valence-corrected chi connectivity index (χ4v) is 3.24. The van der Waals surface area contributed by atoms with Gasteiger partial charge in [0, 0.05) is 13.1 Å². The van der Waals surface area contributed by atoms with Crippen LogP contribution in [0.15, 0.2) is 18.2 Å². The summed E-state index contributed by atoms with van der Waals surface area (Å²) in [7, 11) is 0.